The molecule has 0 aromatic heterocycles. The highest BCUT2D eigenvalue weighted by molar-refractivity contribution is 7.20. The molecule has 234 valence electrons. The third-order valence-corrected chi connectivity index (χ3v) is 9.81. The zero-order valence-electron chi connectivity index (χ0n) is 28.5. The third kappa shape index (κ3) is 6.50. The molecule has 48 heavy (non-hydrogen) atoms. The summed E-state index contributed by atoms with van der Waals surface area (Å²) in [7, 11) is 0. The minimum atomic E-state index is -1.32. The summed E-state index contributed by atoms with van der Waals surface area (Å²) < 4.78 is 0. The Morgan fingerprint density at radius 2 is 0.479 bits per heavy atom. The van der Waals surface area contributed by atoms with Crippen molar-refractivity contribution in [3.63, 3.8) is 0 Å². The van der Waals surface area contributed by atoms with Gasteiger partial charge in [-0.15, -0.1) is 0 Å². The SMILES string of the molecule is Cc1ccccc1[B-](c1ccccc1C)(c1ccccc1C)c1ccccc1C.c1ccc([C+](c2ccccc2)c2ccccc2)cc1. The quantitative estimate of drug-likeness (QED) is 0.0951. The lowest BCUT2D eigenvalue weighted by Gasteiger charge is -2.48. The highest BCUT2D eigenvalue weighted by Gasteiger charge is 2.35. The Bertz CT molecular complexity index is 1780. The molecule has 7 aromatic rings. The van der Waals surface area contributed by atoms with Crippen molar-refractivity contribution in [3.05, 3.63) is 233 Å². The van der Waals surface area contributed by atoms with Crippen LogP contribution in [0.25, 0.3) is 0 Å². The first-order valence-electron chi connectivity index (χ1n) is 16.9. The summed E-state index contributed by atoms with van der Waals surface area (Å²) in [6.45, 7) is 9.00. The van der Waals surface area contributed by atoms with Crippen LogP contribution in [-0.4, -0.2) is 6.15 Å². The molecule has 1 heteroatoms. The predicted octanol–water partition coefficient (Wildman–Crippen LogP) is 9.00. The maximum absolute atomic E-state index is 2.33. The van der Waals surface area contributed by atoms with Crippen molar-refractivity contribution in [1.82, 2.24) is 0 Å². The van der Waals surface area contributed by atoms with Crippen LogP contribution in [-0.2, 0) is 0 Å². The molecule has 0 saturated heterocycles. The molecule has 0 nitrogen and oxygen atoms in total. The molecule has 0 radical (unpaired) electrons. The molecule has 0 fully saturated rings. The maximum atomic E-state index is 2.33. The number of hydrogen-bond donors (Lipinski definition) is 0. The lowest BCUT2D eigenvalue weighted by Crippen LogP contribution is -2.76. The lowest BCUT2D eigenvalue weighted by atomic mass is 9.11. The van der Waals surface area contributed by atoms with Gasteiger partial charge in [-0.3, -0.25) is 0 Å². The van der Waals surface area contributed by atoms with Gasteiger partial charge in [-0.05, 0) is 100 Å². The average Bonchev–Trinajstić information content (AvgIpc) is 3.13. The Morgan fingerprint density at radius 3 is 0.708 bits per heavy atom. The fourth-order valence-corrected chi connectivity index (χ4v) is 7.61. The minimum Gasteiger partial charge on any atom is -0.192 e. The number of aryl methyl sites for hydroxylation is 4. The fraction of sp³-hybridized carbons (Fsp3) is 0.0851. The Hall–Kier alpha value is -5.53. The van der Waals surface area contributed by atoms with Gasteiger partial charge >= 0.3 is 0 Å². The molecule has 0 aliphatic heterocycles. The van der Waals surface area contributed by atoms with E-state index < -0.39 is 6.15 Å². The van der Waals surface area contributed by atoms with Gasteiger partial charge in [0.2, 0.25) is 0 Å². The Kier molecular flexibility index (Phi) is 10.1. The van der Waals surface area contributed by atoms with E-state index >= 15 is 0 Å². The van der Waals surface area contributed by atoms with Gasteiger partial charge in [-0.1, -0.05) is 138 Å². The van der Waals surface area contributed by atoms with Gasteiger partial charge in [0.15, 0.2) is 0 Å². The summed E-state index contributed by atoms with van der Waals surface area (Å²) in [5.41, 5.74) is 14.7. The lowest BCUT2D eigenvalue weighted by molar-refractivity contribution is 1.23. The van der Waals surface area contributed by atoms with Gasteiger partial charge in [0.25, 0.3) is 0 Å². The van der Waals surface area contributed by atoms with Crippen LogP contribution in [0.2, 0.25) is 0 Å². The van der Waals surface area contributed by atoms with E-state index in [9.17, 15) is 0 Å². The minimum absolute atomic E-state index is 1.25. The zero-order chi connectivity index (χ0) is 33.3. The monoisotopic (exact) mass is 618 g/mol. The summed E-state index contributed by atoms with van der Waals surface area (Å²) in [5.74, 6) is 1.28. The van der Waals surface area contributed by atoms with E-state index in [4.69, 9.17) is 0 Å². The molecule has 0 aliphatic rings. The molecular weight excluding hydrogens is 575 g/mol. The molecule has 7 rings (SSSR count). The molecule has 0 amide bonds. The van der Waals surface area contributed by atoms with E-state index in [1.54, 1.807) is 0 Å². The molecule has 0 atom stereocenters. The molecule has 0 spiro atoms. The molecule has 7 aromatic carbocycles. The second-order valence-corrected chi connectivity index (χ2v) is 12.8. The Morgan fingerprint density at radius 1 is 0.271 bits per heavy atom. The maximum Gasteiger partial charge on any atom is 0.109 e. The van der Waals surface area contributed by atoms with Crippen LogP contribution >= 0.6 is 0 Å². The first-order chi connectivity index (χ1) is 23.5. The van der Waals surface area contributed by atoms with Gasteiger partial charge < -0.3 is 0 Å². The number of rotatable bonds is 7. The van der Waals surface area contributed by atoms with E-state index in [1.165, 1.54) is 66.7 Å². The molecule has 0 saturated carbocycles. The first-order valence-corrected chi connectivity index (χ1v) is 16.9. The second-order valence-electron chi connectivity index (χ2n) is 12.8. The van der Waals surface area contributed by atoms with Gasteiger partial charge in [0, 0.05) is 0 Å². The predicted molar refractivity (Wildman–Crippen MR) is 209 cm³/mol. The van der Waals surface area contributed by atoms with Crippen LogP contribution < -0.4 is 21.9 Å². The highest BCUT2D eigenvalue weighted by atomic mass is 14.2. The largest absolute Gasteiger partial charge is 0.192 e. The second kappa shape index (κ2) is 14.9. The first kappa shape index (κ1) is 32.4. The smallest absolute Gasteiger partial charge is 0.109 e. The van der Waals surface area contributed by atoms with E-state index in [-0.39, 0.29) is 0 Å². The van der Waals surface area contributed by atoms with Crippen LogP contribution in [0.5, 0.6) is 0 Å². The van der Waals surface area contributed by atoms with Crippen molar-refractivity contribution in [2.45, 2.75) is 27.7 Å². The van der Waals surface area contributed by atoms with Crippen LogP contribution in [0.4, 0.5) is 0 Å². The molecule has 0 bridgehead atoms. The van der Waals surface area contributed by atoms with Crippen molar-refractivity contribution in [2.24, 2.45) is 0 Å². The summed E-state index contributed by atoms with van der Waals surface area (Å²) in [6, 6.07) is 67.3. The zero-order valence-corrected chi connectivity index (χ0v) is 28.5. The Balaban J connectivity index is 0.000000182. The fourth-order valence-electron chi connectivity index (χ4n) is 7.61. The van der Waals surface area contributed by atoms with Crippen molar-refractivity contribution in [2.75, 3.05) is 0 Å². The van der Waals surface area contributed by atoms with Crippen molar-refractivity contribution in [1.29, 1.82) is 0 Å². The van der Waals surface area contributed by atoms with Gasteiger partial charge in [-0.2, -0.15) is 21.9 Å². The summed E-state index contributed by atoms with van der Waals surface area (Å²) in [6.07, 6.45) is -1.32. The van der Waals surface area contributed by atoms with Crippen LogP contribution in [0.1, 0.15) is 38.9 Å². The highest BCUT2D eigenvalue weighted by Crippen LogP contribution is 2.30. The van der Waals surface area contributed by atoms with E-state index in [0.717, 1.165) is 0 Å². The molecule has 0 unspecified atom stereocenters. The molecule has 0 heterocycles. The van der Waals surface area contributed by atoms with Crippen LogP contribution in [0.3, 0.4) is 0 Å². The topological polar surface area (TPSA) is 0 Å². The van der Waals surface area contributed by atoms with Gasteiger partial charge in [-0.25, -0.2) is 0 Å². The van der Waals surface area contributed by atoms with Crippen molar-refractivity contribution < 1.29 is 0 Å². The summed E-state index contributed by atoms with van der Waals surface area (Å²) >= 11 is 0. The van der Waals surface area contributed by atoms with Crippen molar-refractivity contribution >= 4 is 28.0 Å². The van der Waals surface area contributed by atoms with Gasteiger partial charge in [0.1, 0.15) is 6.15 Å². The molecule has 0 N–H and O–H groups in total. The van der Waals surface area contributed by atoms with E-state index in [0.29, 0.717) is 0 Å². The van der Waals surface area contributed by atoms with Crippen LogP contribution in [0.15, 0.2) is 188 Å². The van der Waals surface area contributed by atoms with Gasteiger partial charge in [0.05, 0.1) is 22.6 Å². The summed E-state index contributed by atoms with van der Waals surface area (Å²) in [5, 5.41) is 0. The molecule has 0 aliphatic carbocycles. The summed E-state index contributed by atoms with van der Waals surface area (Å²) in [4.78, 5) is 0. The average molecular weight is 619 g/mol. The van der Waals surface area contributed by atoms with E-state index in [1.807, 2.05) is 0 Å². The Labute approximate surface area is 287 Å². The number of hydrogen-bond acceptors (Lipinski definition) is 0. The van der Waals surface area contributed by atoms with Crippen LogP contribution in [0, 0.1) is 33.6 Å². The third-order valence-electron chi connectivity index (χ3n) is 9.81. The molecular formula is C47H43B. The normalized spacial score (nSPS) is 10.9. The standard InChI is InChI=1S/C28H28B.C19H15/c1-21-13-5-9-17-25(21)29(26-18-10-6-14-22(26)2,27-19-11-7-15-23(27)3)28-20-12-8-16-24(28)4;1-4-10-16(11-5-1)19(17-12-6-2-7-13-17)18-14-8-3-9-15-18/h5-20H,1-4H3;1-15H/q-1;+1. The van der Waals surface area contributed by atoms with Crippen molar-refractivity contribution in [3.8, 4) is 0 Å². The number of benzene rings is 7. The van der Waals surface area contributed by atoms with E-state index in [2.05, 4.69) is 216 Å².